The first kappa shape index (κ1) is 24.0. The van der Waals surface area contributed by atoms with Gasteiger partial charge < -0.3 is 9.47 Å². The summed E-state index contributed by atoms with van der Waals surface area (Å²) in [6.45, 7) is -0.771. The molecule has 0 saturated heterocycles. The van der Waals surface area contributed by atoms with Gasteiger partial charge in [-0.3, -0.25) is 9.10 Å². The Morgan fingerprint density at radius 2 is 1.87 bits per heavy atom. The van der Waals surface area contributed by atoms with E-state index < -0.39 is 34.2 Å². The van der Waals surface area contributed by atoms with Crippen LogP contribution in [0.1, 0.15) is 11.1 Å². The highest BCUT2D eigenvalue weighted by Gasteiger charge is 2.32. The lowest BCUT2D eigenvalue weighted by Crippen LogP contribution is -2.39. The molecular weight excluding hydrogens is 439 g/mol. The number of anilines is 1. The zero-order chi connectivity index (χ0) is 23.2. The Hall–Kier alpha value is -3.28. The Labute approximate surface area is 177 Å². The number of amides is 1. The van der Waals surface area contributed by atoms with Gasteiger partial charge in [-0.05, 0) is 36.4 Å². The van der Waals surface area contributed by atoms with Crippen molar-refractivity contribution in [2.24, 2.45) is 5.10 Å². The molecule has 0 unspecified atom stereocenters. The lowest BCUT2D eigenvalue weighted by molar-refractivity contribution is -0.137. The molecule has 2 aromatic carbocycles. The molecule has 0 saturated carbocycles. The van der Waals surface area contributed by atoms with E-state index in [2.05, 4.69) is 10.5 Å². The number of carbonyl (C=O) groups is 1. The van der Waals surface area contributed by atoms with Crippen LogP contribution in [0.15, 0.2) is 47.6 Å². The number of hydrogen-bond acceptors (Lipinski definition) is 6. The van der Waals surface area contributed by atoms with Crippen LogP contribution in [0.25, 0.3) is 0 Å². The van der Waals surface area contributed by atoms with Crippen molar-refractivity contribution in [1.29, 1.82) is 0 Å². The average molecular weight is 459 g/mol. The topological polar surface area (TPSA) is 97.3 Å². The van der Waals surface area contributed by atoms with Crippen LogP contribution in [0.2, 0.25) is 0 Å². The summed E-state index contributed by atoms with van der Waals surface area (Å²) >= 11 is 0. The van der Waals surface area contributed by atoms with Gasteiger partial charge in [-0.1, -0.05) is 6.07 Å². The molecule has 8 nitrogen and oxygen atoms in total. The van der Waals surface area contributed by atoms with Crippen molar-refractivity contribution in [2.75, 3.05) is 31.3 Å². The van der Waals surface area contributed by atoms with Crippen LogP contribution in [0.5, 0.6) is 11.5 Å². The van der Waals surface area contributed by atoms with Crippen LogP contribution in [-0.4, -0.2) is 47.6 Å². The van der Waals surface area contributed by atoms with E-state index >= 15 is 0 Å². The number of methoxy groups -OCH3 is 2. The standard InChI is InChI=1S/C19H20F3N3O5S/c1-29-16-7-8-17(30-2)13(9-16)11-23-24-18(26)12-25(31(3,27)28)15-6-4-5-14(10-15)19(20,21)22/h4-11H,12H2,1-3H3,(H,24,26)/b23-11-. The maximum absolute atomic E-state index is 12.9. The quantitative estimate of drug-likeness (QED) is 0.484. The normalized spacial score (nSPS) is 11.9. The third kappa shape index (κ3) is 6.60. The van der Waals surface area contributed by atoms with Crippen LogP contribution in [0.3, 0.4) is 0 Å². The van der Waals surface area contributed by atoms with Crippen molar-refractivity contribution in [3.8, 4) is 11.5 Å². The number of halogens is 3. The van der Waals surface area contributed by atoms with E-state index in [1.54, 1.807) is 18.2 Å². The molecule has 31 heavy (non-hydrogen) atoms. The number of sulfonamides is 1. The summed E-state index contributed by atoms with van der Waals surface area (Å²) in [5.74, 6) is 0.0999. The zero-order valence-corrected chi connectivity index (χ0v) is 17.6. The predicted octanol–water partition coefficient (Wildman–Crippen LogP) is 2.64. The van der Waals surface area contributed by atoms with Crippen LogP contribution in [0.4, 0.5) is 18.9 Å². The van der Waals surface area contributed by atoms with Crippen molar-refractivity contribution in [2.45, 2.75) is 6.18 Å². The van der Waals surface area contributed by atoms with E-state index in [0.717, 1.165) is 24.5 Å². The number of nitrogens with one attached hydrogen (secondary N) is 1. The largest absolute Gasteiger partial charge is 0.497 e. The highest BCUT2D eigenvalue weighted by Crippen LogP contribution is 2.32. The van der Waals surface area contributed by atoms with Gasteiger partial charge in [0.05, 0.1) is 37.9 Å². The van der Waals surface area contributed by atoms with Crippen molar-refractivity contribution in [3.05, 3.63) is 53.6 Å². The Kier molecular flexibility index (Phi) is 7.50. The third-order valence-corrected chi connectivity index (χ3v) is 5.12. The number of carbonyl (C=O) groups excluding carboxylic acids is 1. The maximum atomic E-state index is 12.9. The summed E-state index contributed by atoms with van der Waals surface area (Å²) in [6.07, 6.45) is -2.62. The van der Waals surface area contributed by atoms with E-state index in [0.29, 0.717) is 27.4 Å². The number of hydrogen-bond donors (Lipinski definition) is 1. The Morgan fingerprint density at radius 1 is 1.16 bits per heavy atom. The molecule has 2 aromatic rings. The highest BCUT2D eigenvalue weighted by atomic mass is 32.2. The first-order chi connectivity index (χ1) is 14.5. The van der Waals surface area contributed by atoms with Crippen LogP contribution in [-0.2, 0) is 21.0 Å². The number of rotatable bonds is 8. The van der Waals surface area contributed by atoms with Crippen LogP contribution >= 0.6 is 0 Å². The monoisotopic (exact) mass is 459 g/mol. The average Bonchev–Trinajstić information content (AvgIpc) is 2.70. The highest BCUT2D eigenvalue weighted by molar-refractivity contribution is 7.92. The molecule has 2 rings (SSSR count). The molecule has 12 heteroatoms. The second-order valence-corrected chi connectivity index (χ2v) is 8.13. The molecule has 1 amide bonds. The molecule has 1 N–H and O–H groups in total. The molecule has 0 fully saturated rings. The number of hydrazone groups is 1. The fourth-order valence-corrected chi connectivity index (χ4v) is 3.37. The molecule has 0 aliphatic heterocycles. The molecular formula is C19H20F3N3O5S. The van der Waals surface area contributed by atoms with Crippen molar-refractivity contribution in [1.82, 2.24) is 5.43 Å². The summed E-state index contributed by atoms with van der Waals surface area (Å²) < 4.78 is 73.8. The van der Waals surface area contributed by atoms with Gasteiger partial charge in [0.15, 0.2) is 0 Å². The molecule has 0 atom stereocenters. The fourth-order valence-electron chi connectivity index (χ4n) is 2.52. The zero-order valence-electron chi connectivity index (χ0n) is 16.8. The molecule has 168 valence electrons. The van der Waals surface area contributed by atoms with Crippen molar-refractivity contribution in [3.63, 3.8) is 0 Å². The first-order valence-electron chi connectivity index (χ1n) is 8.64. The molecule has 0 spiro atoms. The second-order valence-electron chi connectivity index (χ2n) is 6.22. The van der Waals surface area contributed by atoms with E-state index in [9.17, 15) is 26.4 Å². The van der Waals surface area contributed by atoms with E-state index in [4.69, 9.17) is 9.47 Å². The second kappa shape index (κ2) is 9.69. The number of alkyl halides is 3. The molecule has 0 aliphatic rings. The molecule has 0 aromatic heterocycles. The van der Waals surface area contributed by atoms with Gasteiger partial charge in [0.25, 0.3) is 5.91 Å². The predicted molar refractivity (Wildman–Crippen MR) is 109 cm³/mol. The number of ether oxygens (including phenoxy) is 2. The van der Waals surface area contributed by atoms with Gasteiger partial charge in [0.2, 0.25) is 10.0 Å². The van der Waals surface area contributed by atoms with Gasteiger partial charge in [0, 0.05) is 5.56 Å². The summed E-state index contributed by atoms with van der Waals surface area (Å²) in [7, 11) is -1.14. The summed E-state index contributed by atoms with van der Waals surface area (Å²) in [6, 6.07) is 8.55. The smallest absolute Gasteiger partial charge is 0.416 e. The molecule has 0 radical (unpaired) electrons. The number of nitrogens with zero attached hydrogens (tertiary/aromatic N) is 2. The van der Waals surface area contributed by atoms with Gasteiger partial charge in [-0.2, -0.15) is 18.3 Å². The van der Waals surface area contributed by atoms with E-state index in [-0.39, 0.29) is 5.69 Å². The fraction of sp³-hybridized carbons (Fsp3) is 0.263. The summed E-state index contributed by atoms with van der Waals surface area (Å²) in [5.41, 5.74) is 1.28. The molecule has 0 aliphatic carbocycles. The lowest BCUT2D eigenvalue weighted by Gasteiger charge is -2.22. The van der Waals surface area contributed by atoms with E-state index in [1.165, 1.54) is 20.4 Å². The van der Waals surface area contributed by atoms with Crippen LogP contribution in [0, 0.1) is 0 Å². The van der Waals surface area contributed by atoms with Crippen LogP contribution < -0.4 is 19.2 Å². The van der Waals surface area contributed by atoms with Gasteiger partial charge in [-0.25, -0.2) is 13.8 Å². The van der Waals surface area contributed by atoms with Gasteiger partial charge in [0.1, 0.15) is 18.0 Å². The minimum atomic E-state index is -4.67. The van der Waals surface area contributed by atoms with E-state index in [1.807, 2.05) is 0 Å². The molecule has 0 heterocycles. The van der Waals surface area contributed by atoms with Crippen molar-refractivity contribution < 1.29 is 35.9 Å². The minimum absolute atomic E-state index is 0.300. The molecule has 0 bridgehead atoms. The van der Waals surface area contributed by atoms with Crippen molar-refractivity contribution >= 4 is 27.8 Å². The summed E-state index contributed by atoms with van der Waals surface area (Å²) in [4.78, 5) is 12.2. The minimum Gasteiger partial charge on any atom is -0.497 e. The number of benzene rings is 2. The first-order valence-corrected chi connectivity index (χ1v) is 10.5. The SMILES string of the molecule is COc1ccc(OC)c(/C=N\NC(=O)CN(c2cccc(C(F)(F)F)c2)S(C)(=O)=O)c1. The third-order valence-electron chi connectivity index (χ3n) is 3.98. The lowest BCUT2D eigenvalue weighted by atomic mass is 10.2. The van der Waals surface area contributed by atoms with Gasteiger partial charge in [-0.15, -0.1) is 0 Å². The summed E-state index contributed by atoms with van der Waals surface area (Å²) in [5, 5.41) is 3.75. The Balaban J connectivity index is 2.19. The maximum Gasteiger partial charge on any atom is 0.416 e. The Bertz CT molecular complexity index is 1070. The van der Waals surface area contributed by atoms with Gasteiger partial charge >= 0.3 is 6.18 Å². The Morgan fingerprint density at radius 3 is 2.45 bits per heavy atom.